The lowest BCUT2D eigenvalue weighted by Gasteiger charge is -2.34. The Morgan fingerprint density at radius 1 is 1.11 bits per heavy atom. The van der Waals surface area contributed by atoms with Gasteiger partial charge in [0.25, 0.3) is 5.91 Å². The number of carbonyl (C=O) groups excluding carboxylic acids is 2. The number of methoxy groups -OCH3 is 1. The van der Waals surface area contributed by atoms with E-state index < -0.39 is 0 Å². The molecule has 8 heteroatoms. The summed E-state index contributed by atoms with van der Waals surface area (Å²) in [6.07, 6.45) is 0. The first-order chi connectivity index (χ1) is 12.9. The quantitative estimate of drug-likeness (QED) is 0.868. The first-order valence-electron chi connectivity index (χ1n) is 8.65. The minimum Gasteiger partial charge on any atom is -0.495 e. The summed E-state index contributed by atoms with van der Waals surface area (Å²) in [6, 6.07) is 6.60. The van der Waals surface area contributed by atoms with Crippen LogP contribution in [0.15, 0.2) is 28.7 Å². The molecule has 27 heavy (non-hydrogen) atoms. The molecule has 1 aliphatic rings. The number of aryl methyl sites for hydroxylation is 2. The van der Waals surface area contributed by atoms with Crippen LogP contribution in [-0.2, 0) is 0 Å². The molecular formula is C19H22ClN3O4. The Labute approximate surface area is 162 Å². The van der Waals surface area contributed by atoms with Crippen molar-refractivity contribution in [2.24, 2.45) is 0 Å². The standard InChI is InChI=1S/C19H22ClN3O4/c1-12-10-15(13(2)27-12)18(24)22-6-8-23(9-7-22)19(25)21-14-4-5-17(26-3)16(20)11-14/h4-5,10-11H,6-9H2,1-3H3,(H,21,25). The Balaban J connectivity index is 1.57. The van der Waals surface area contributed by atoms with E-state index in [1.807, 2.05) is 6.92 Å². The van der Waals surface area contributed by atoms with Crippen LogP contribution in [0.5, 0.6) is 5.75 Å². The van der Waals surface area contributed by atoms with Crippen molar-refractivity contribution < 1.29 is 18.7 Å². The third kappa shape index (κ3) is 4.19. The van der Waals surface area contributed by atoms with Crippen LogP contribution in [0.2, 0.25) is 5.02 Å². The molecule has 2 aromatic rings. The summed E-state index contributed by atoms with van der Waals surface area (Å²) in [4.78, 5) is 28.5. The molecule has 1 aromatic carbocycles. The maximum Gasteiger partial charge on any atom is 0.321 e. The van der Waals surface area contributed by atoms with Crippen LogP contribution in [0.1, 0.15) is 21.9 Å². The number of amides is 3. The fourth-order valence-electron chi connectivity index (χ4n) is 3.07. The second kappa shape index (κ2) is 7.92. The van der Waals surface area contributed by atoms with E-state index in [1.165, 1.54) is 7.11 Å². The number of halogens is 1. The summed E-state index contributed by atoms with van der Waals surface area (Å²) in [6.45, 7) is 5.45. The lowest BCUT2D eigenvalue weighted by Crippen LogP contribution is -2.51. The molecule has 0 unspecified atom stereocenters. The molecule has 3 rings (SSSR count). The molecule has 0 radical (unpaired) electrons. The van der Waals surface area contributed by atoms with Crippen LogP contribution < -0.4 is 10.1 Å². The van der Waals surface area contributed by atoms with Gasteiger partial charge in [-0.1, -0.05) is 11.6 Å². The number of ether oxygens (including phenoxy) is 1. The van der Waals surface area contributed by atoms with Gasteiger partial charge < -0.3 is 24.3 Å². The van der Waals surface area contributed by atoms with Gasteiger partial charge in [0.1, 0.15) is 17.3 Å². The van der Waals surface area contributed by atoms with Crippen LogP contribution in [0.25, 0.3) is 0 Å². The van der Waals surface area contributed by atoms with Crippen LogP contribution in [0.3, 0.4) is 0 Å². The van der Waals surface area contributed by atoms with Gasteiger partial charge in [-0.2, -0.15) is 0 Å². The lowest BCUT2D eigenvalue weighted by molar-refractivity contribution is 0.0670. The van der Waals surface area contributed by atoms with Crippen molar-refractivity contribution in [3.63, 3.8) is 0 Å². The topological polar surface area (TPSA) is 75.0 Å². The molecule has 3 amide bonds. The molecule has 144 valence electrons. The largest absolute Gasteiger partial charge is 0.495 e. The average Bonchev–Trinajstić information content (AvgIpc) is 2.99. The number of rotatable bonds is 3. The predicted molar refractivity (Wildman–Crippen MR) is 103 cm³/mol. The molecule has 1 fully saturated rings. The average molecular weight is 392 g/mol. The van der Waals surface area contributed by atoms with Crippen molar-refractivity contribution in [3.8, 4) is 5.75 Å². The number of piperazine rings is 1. The van der Waals surface area contributed by atoms with Crippen molar-refractivity contribution in [2.45, 2.75) is 13.8 Å². The molecule has 2 heterocycles. The first kappa shape index (κ1) is 19.1. The van der Waals surface area contributed by atoms with Crippen LogP contribution in [0.4, 0.5) is 10.5 Å². The van der Waals surface area contributed by atoms with E-state index in [-0.39, 0.29) is 11.9 Å². The number of furan rings is 1. The number of nitrogens with one attached hydrogen (secondary N) is 1. The summed E-state index contributed by atoms with van der Waals surface area (Å²) in [5.74, 6) is 1.82. The Kier molecular flexibility index (Phi) is 5.60. The smallest absolute Gasteiger partial charge is 0.321 e. The van der Waals surface area contributed by atoms with Gasteiger partial charge in [-0.3, -0.25) is 4.79 Å². The third-order valence-corrected chi connectivity index (χ3v) is 4.82. The third-order valence-electron chi connectivity index (χ3n) is 4.53. The van der Waals surface area contributed by atoms with E-state index in [4.69, 9.17) is 20.8 Å². The van der Waals surface area contributed by atoms with Gasteiger partial charge in [0.2, 0.25) is 0 Å². The molecule has 1 aliphatic heterocycles. The zero-order valence-electron chi connectivity index (χ0n) is 15.5. The summed E-state index contributed by atoms with van der Waals surface area (Å²) >= 11 is 6.08. The number of hydrogen-bond acceptors (Lipinski definition) is 4. The highest BCUT2D eigenvalue weighted by Crippen LogP contribution is 2.27. The van der Waals surface area contributed by atoms with Gasteiger partial charge in [0.15, 0.2) is 0 Å². The van der Waals surface area contributed by atoms with Gasteiger partial charge in [-0.25, -0.2) is 4.79 Å². The van der Waals surface area contributed by atoms with E-state index in [2.05, 4.69) is 5.32 Å². The lowest BCUT2D eigenvalue weighted by atomic mass is 10.2. The number of hydrogen-bond donors (Lipinski definition) is 1. The maximum atomic E-state index is 12.6. The number of nitrogens with zero attached hydrogens (tertiary/aromatic N) is 2. The summed E-state index contributed by atoms with van der Waals surface area (Å²) in [5, 5.41) is 3.25. The molecular weight excluding hydrogens is 370 g/mol. The number of anilines is 1. The normalized spacial score (nSPS) is 14.2. The fraction of sp³-hybridized carbons (Fsp3) is 0.368. The second-order valence-corrected chi connectivity index (χ2v) is 6.79. The van der Waals surface area contributed by atoms with Crippen molar-refractivity contribution >= 4 is 29.2 Å². The zero-order chi connectivity index (χ0) is 19.6. The maximum absolute atomic E-state index is 12.6. The fourth-order valence-corrected chi connectivity index (χ4v) is 3.33. The number of urea groups is 1. The second-order valence-electron chi connectivity index (χ2n) is 6.39. The molecule has 0 atom stereocenters. The van der Waals surface area contributed by atoms with Crippen LogP contribution in [-0.4, -0.2) is 55.0 Å². The van der Waals surface area contributed by atoms with E-state index in [0.717, 1.165) is 0 Å². The first-order valence-corrected chi connectivity index (χ1v) is 9.02. The summed E-state index contributed by atoms with van der Waals surface area (Å²) in [7, 11) is 1.53. The minimum absolute atomic E-state index is 0.0636. The molecule has 0 aliphatic carbocycles. The molecule has 0 spiro atoms. The van der Waals surface area contributed by atoms with Crippen LogP contribution >= 0.6 is 11.6 Å². The molecule has 0 saturated carbocycles. The van der Waals surface area contributed by atoms with Crippen molar-refractivity contribution in [1.82, 2.24) is 9.80 Å². The van der Waals surface area contributed by atoms with E-state index >= 15 is 0 Å². The SMILES string of the molecule is COc1ccc(NC(=O)N2CCN(C(=O)c3cc(C)oc3C)CC2)cc1Cl. The molecule has 1 aromatic heterocycles. The summed E-state index contributed by atoms with van der Waals surface area (Å²) < 4.78 is 10.5. The molecule has 0 bridgehead atoms. The molecule has 7 nitrogen and oxygen atoms in total. The Bertz CT molecular complexity index is 857. The number of carbonyl (C=O) groups is 2. The van der Waals surface area contributed by atoms with Gasteiger partial charge in [-0.15, -0.1) is 0 Å². The van der Waals surface area contributed by atoms with Gasteiger partial charge in [0.05, 0.1) is 17.7 Å². The summed E-state index contributed by atoms with van der Waals surface area (Å²) in [5.41, 5.74) is 1.17. The highest BCUT2D eigenvalue weighted by Gasteiger charge is 2.26. The zero-order valence-corrected chi connectivity index (χ0v) is 16.3. The minimum atomic E-state index is -0.223. The van der Waals surface area contributed by atoms with E-state index in [1.54, 1.807) is 41.0 Å². The van der Waals surface area contributed by atoms with Gasteiger partial charge in [-0.05, 0) is 38.1 Å². The Morgan fingerprint density at radius 3 is 2.33 bits per heavy atom. The Morgan fingerprint density at radius 2 is 1.78 bits per heavy atom. The highest BCUT2D eigenvalue weighted by molar-refractivity contribution is 6.32. The van der Waals surface area contributed by atoms with Crippen molar-refractivity contribution in [1.29, 1.82) is 0 Å². The molecule has 1 N–H and O–H groups in total. The van der Waals surface area contributed by atoms with Gasteiger partial charge in [0, 0.05) is 31.9 Å². The highest BCUT2D eigenvalue weighted by atomic mass is 35.5. The van der Waals surface area contributed by atoms with Gasteiger partial charge >= 0.3 is 6.03 Å². The Hall–Kier alpha value is -2.67. The predicted octanol–water partition coefficient (Wildman–Crippen LogP) is 3.55. The van der Waals surface area contributed by atoms with Crippen molar-refractivity contribution in [2.75, 3.05) is 38.6 Å². The van der Waals surface area contributed by atoms with E-state index in [9.17, 15) is 9.59 Å². The van der Waals surface area contributed by atoms with Crippen LogP contribution in [0, 0.1) is 13.8 Å². The number of benzene rings is 1. The van der Waals surface area contributed by atoms with Crippen molar-refractivity contribution in [3.05, 3.63) is 46.4 Å². The monoisotopic (exact) mass is 391 g/mol. The molecule has 1 saturated heterocycles. The van der Waals surface area contributed by atoms with E-state index in [0.29, 0.717) is 59.7 Å².